The van der Waals surface area contributed by atoms with Crippen molar-refractivity contribution < 1.29 is 9.21 Å². The third-order valence-corrected chi connectivity index (χ3v) is 4.32. The molecule has 0 unspecified atom stereocenters. The maximum atomic E-state index is 11.9. The largest absolute Gasteiger partial charge is 0.411 e. The number of nitrogens with zero attached hydrogens (tertiary/aromatic N) is 2. The third kappa shape index (κ3) is 4.29. The van der Waals surface area contributed by atoms with E-state index < -0.39 is 0 Å². The minimum atomic E-state index is -0.157. The van der Waals surface area contributed by atoms with E-state index in [0.29, 0.717) is 20.8 Å². The normalized spacial score (nSPS) is 10.6. The molecular formula is C16H11Cl2N3O2S. The van der Waals surface area contributed by atoms with Crippen molar-refractivity contribution in [2.45, 2.75) is 5.22 Å². The summed E-state index contributed by atoms with van der Waals surface area (Å²) in [4.78, 5) is 11.9. The number of hydrogen-bond donors (Lipinski definition) is 1. The molecule has 0 aliphatic rings. The number of para-hydroxylation sites is 1. The van der Waals surface area contributed by atoms with Crippen LogP contribution in [0.4, 0.5) is 5.69 Å². The lowest BCUT2D eigenvalue weighted by molar-refractivity contribution is -0.113. The highest BCUT2D eigenvalue weighted by Crippen LogP contribution is 2.31. The molecule has 0 aliphatic heterocycles. The molecule has 2 aromatic carbocycles. The molecule has 0 spiro atoms. The summed E-state index contributed by atoms with van der Waals surface area (Å²) >= 11 is 13.1. The van der Waals surface area contributed by atoms with Crippen LogP contribution in [0.1, 0.15) is 0 Å². The molecule has 0 radical (unpaired) electrons. The van der Waals surface area contributed by atoms with Crippen molar-refractivity contribution >= 4 is 46.6 Å². The molecule has 0 saturated heterocycles. The van der Waals surface area contributed by atoms with E-state index in [0.717, 1.165) is 17.4 Å². The molecular weight excluding hydrogens is 369 g/mol. The SMILES string of the molecule is O=C(CSc1nnc(-c2ccc(Cl)cc2Cl)o1)Nc1ccccc1. The van der Waals surface area contributed by atoms with Crippen LogP contribution >= 0.6 is 35.0 Å². The Labute approximate surface area is 152 Å². The van der Waals surface area contributed by atoms with Crippen molar-refractivity contribution in [3.63, 3.8) is 0 Å². The van der Waals surface area contributed by atoms with Crippen LogP contribution in [0.5, 0.6) is 0 Å². The number of rotatable bonds is 5. The molecule has 1 N–H and O–H groups in total. The minimum absolute atomic E-state index is 0.157. The van der Waals surface area contributed by atoms with Crippen LogP contribution in [0.3, 0.4) is 0 Å². The second kappa shape index (κ2) is 7.70. The number of benzene rings is 2. The molecule has 8 heteroatoms. The quantitative estimate of drug-likeness (QED) is 0.646. The zero-order valence-corrected chi connectivity index (χ0v) is 14.5. The van der Waals surface area contributed by atoms with Crippen molar-refractivity contribution in [2.75, 3.05) is 11.1 Å². The number of nitrogens with one attached hydrogen (secondary N) is 1. The van der Waals surface area contributed by atoms with Crippen molar-refractivity contribution in [3.8, 4) is 11.5 Å². The highest BCUT2D eigenvalue weighted by atomic mass is 35.5. The van der Waals surface area contributed by atoms with Gasteiger partial charge in [-0.3, -0.25) is 4.79 Å². The van der Waals surface area contributed by atoms with E-state index in [2.05, 4.69) is 15.5 Å². The van der Waals surface area contributed by atoms with Gasteiger partial charge in [0.25, 0.3) is 5.22 Å². The molecule has 24 heavy (non-hydrogen) atoms. The van der Waals surface area contributed by atoms with Crippen LogP contribution in [-0.4, -0.2) is 21.9 Å². The van der Waals surface area contributed by atoms with Gasteiger partial charge in [0.05, 0.1) is 16.3 Å². The van der Waals surface area contributed by atoms with Crippen LogP contribution < -0.4 is 5.32 Å². The molecule has 122 valence electrons. The molecule has 1 aromatic heterocycles. The Hall–Kier alpha value is -2.02. The second-order valence-corrected chi connectivity index (χ2v) is 6.47. The molecule has 0 bridgehead atoms. The fraction of sp³-hybridized carbons (Fsp3) is 0.0625. The number of amides is 1. The van der Waals surface area contributed by atoms with Crippen molar-refractivity contribution in [3.05, 3.63) is 58.6 Å². The van der Waals surface area contributed by atoms with Gasteiger partial charge >= 0.3 is 0 Å². The predicted octanol–water partition coefficient (Wildman–Crippen LogP) is 4.77. The molecule has 0 fully saturated rings. The first kappa shape index (κ1) is 16.8. The lowest BCUT2D eigenvalue weighted by Gasteiger charge is -2.02. The summed E-state index contributed by atoms with van der Waals surface area (Å²) in [5.74, 6) is 0.281. The van der Waals surface area contributed by atoms with E-state index in [-0.39, 0.29) is 17.6 Å². The molecule has 1 amide bonds. The first-order chi connectivity index (χ1) is 11.6. The van der Waals surface area contributed by atoms with Crippen molar-refractivity contribution in [1.29, 1.82) is 0 Å². The van der Waals surface area contributed by atoms with Gasteiger partial charge in [-0.25, -0.2) is 0 Å². The average molecular weight is 380 g/mol. The number of anilines is 1. The van der Waals surface area contributed by atoms with E-state index >= 15 is 0 Å². The molecule has 1 heterocycles. The highest BCUT2D eigenvalue weighted by molar-refractivity contribution is 7.99. The number of carbonyl (C=O) groups excluding carboxylic acids is 1. The van der Waals surface area contributed by atoms with Gasteiger partial charge in [0.15, 0.2) is 0 Å². The molecule has 0 aliphatic carbocycles. The Bertz CT molecular complexity index is 856. The Kier molecular flexibility index (Phi) is 5.40. The Balaban J connectivity index is 1.61. The fourth-order valence-corrected chi connectivity index (χ4v) is 2.94. The van der Waals surface area contributed by atoms with Crippen LogP contribution in [-0.2, 0) is 4.79 Å². The van der Waals surface area contributed by atoms with Gasteiger partial charge in [-0.05, 0) is 30.3 Å². The number of halogens is 2. The van der Waals surface area contributed by atoms with Gasteiger partial charge in [-0.15, -0.1) is 10.2 Å². The average Bonchev–Trinajstić information content (AvgIpc) is 3.02. The summed E-state index contributed by atoms with van der Waals surface area (Å²) in [7, 11) is 0. The lowest BCUT2D eigenvalue weighted by Crippen LogP contribution is -2.13. The minimum Gasteiger partial charge on any atom is -0.411 e. The van der Waals surface area contributed by atoms with Gasteiger partial charge in [0.2, 0.25) is 11.8 Å². The molecule has 3 rings (SSSR count). The van der Waals surface area contributed by atoms with E-state index in [1.807, 2.05) is 30.3 Å². The van der Waals surface area contributed by atoms with Crippen LogP contribution in [0.15, 0.2) is 58.2 Å². The fourth-order valence-electron chi connectivity index (χ4n) is 1.89. The molecule has 0 saturated carbocycles. The van der Waals surface area contributed by atoms with E-state index in [1.165, 1.54) is 0 Å². The monoisotopic (exact) mass is 379 g/mol. The highest BCUT2D eigenvalue weighted by Gasteiger charge is 2.14. The van der Waals surface area contributed by atoms with E-state index in [1.54, 1.807) is 18.2 Å². The number of thioether (sulfide) groups is 1. The smallest absolute Gasteiger partial charge is 0.277 e. The van der Waals surface area contributed by atoms with E-state index in [9.17, 15) is 4.79 Å². The molecule has 0 atom stereocenters. The maximum Gasteiger partial charge on any atom is 0.277 e. The first-order valence-corrected chi connectivity index (χ1v) is 8.62. The van der Waals surface area contributed by atoms with E-state index in [4.69, 9.17) is 27.6 Å². The topological polar surface area (TPSA) is 68.0 Å². The lowest BCUT2D eigenvalue weighted by atomic mass is 10.2. The van der Waals surface area contributed by atoms with Crippen molar-refractivity contribution in [2.24, 2.45) is 0 Å². The molecule has 3 aromatic rings. The predicted molar refractivity (Wildman–Crippen MR) is 95.5 cm³/mol. The van der Waals surface area contributed by atoms with Gasteiger partial charge in [-0.1, -0.05) is 53.2 Å². The summed E-state index contributed by atoms with van der Waals surface area (Å²) in [6.45, 7) is 0. The van der Waals surface area contributed by atoms with Gasteiger partial charge in [0.1, 0.15) is 0 Å². The summed E-state index contributed by atoms with van der Waals surface area (Å²) in [5.41, 5.74) is 1.33. The van der Waals surface area contributed by atoms with Crippen LogP contribution in [0.25, 0.3) is 11.5 Å². The zero-order chi connectivity index (χ0) is 16.9. The Morgan fingerprint density at radius 3 is 2.67 bits per heavy atom. The first-order valence-electron chi connectivity index (χ1n) is 6.88. The second-order valence-electron chi connectivity index (χ2n) is 4.70. The van der Waals surface area contributed by atoms with Gasteiger partial charge in [0, 0.05) is 10.7 Å². The molecule has 5 nitrogen and oxygen atoms in total. The Morgan fingerprint density at radius 1 is 1.12 bits per heavy atom. The number of carbonyl (C=O) groups is 1. The summed E-state index contributed by atoms with van der Waals surface area (Å²) in [6.07, 6.45) is 0. The van der Waals surface area contributed by atoms with Crippen LogP contribution in [0, 0.1) is 0 Å². The van der Waals surface area contributed by atoms with Crippen molar-refractivity contribution in [1.82, 2.24) is 10.2 Å². The maximum absolute atomic E-state index is 11.9. The van der Waals surface area contributed by atoms with Crippen LogP contribution in [0.2, 0.25) is 10.0 Å². The Morgan fingerprint density at radius 2 is 1.92 bits per heavy atom. The number of hydrogen-bond acceptors (Lipinski definition) is 5. The number of aromatic nitrogens is 2. The summed E-state index contributed by atoms with van der Waals surface area (Å²) in [5, 5.41) is 11.9. The van der Waals surface area contributed by atoms with Gasteiger partial charge < -0.3 is 9.73 Å². The zero-order valence-electron chi connectivity index (χ0n) is 12.2. The summed E-state index contributed by atoms with van der Waals surface area (Å²) < 4.78 is 5.52. The van der Waals surface area contributed by atoms with Gasteiger partial charge in [-0.2, -0.15) is 0 Å². The summed E-state index contributed by atoms with van der Waals surface area (Å²) in [6, 6.07) is 14.2. The third-order valence-electron chi connectivity index (χ3n) is 2.95. The standard InChI is InChI=1S/C16H11Cl2N3O2S/c17-10-6-7-12(13(18)8-10)15-20-21-16(23-15)24-9-14(22)19-11-4-2-1-3-5-11/h1-8H,9H2,(H,19,22).